The van der Waals surface area contributed by atoms with Crippen molar-refractivity contribution in [3.8, 4) is 0 Å². The van der Waals surface area contributed by atoms with Crippen LogP contribution in [0.1, 0.15) is 5.56 Å². The molecule has 2 aromatic rings. The van der Waals surface area contributed by atoms with Crippen LogP contribution in [0.4, 0.5) is 20.2 Å². The highest BCUT2D eigenvalue weighted by molar-refractivity contribution is 9.10. The standard InChI is InChI=1S/C15H13BrF2N2O/c1-9-6-10(16)12(18)7-14(9)19-8-15(21)20-13-5-3-2-4-11(13)17/h2-7,19H,8H2,1H3,(H,20,21). The average Bonchev–Trinajstić information content (AvgIpc) is 2.44. The van der Waals surface area contributed by atoms with Gasteiger partial charge in [-0.1, -0.05) is 12.1 Å². The van der Waals surface area contributed by atoms with Gasteiger partial charge in [-0.05, 0) is 52.7 Å². The fourth-order valence-electron chi connectivity index (χ4n) is 1.77. The zero-order valence-corrected chi connectivity index (χ0v) is 12.8. The molecule has 0 spiro atoms. The molecule has 3 nitrogen and oxygen atoms in total. The van der Waals surface area contributed by atoms with Gasteiger partial charge in [0, 0.05) is 5.69 Å². The Morgan fingerprint density at radius 2 is 1.86 bits per heavy atom. The maximum Gasteiger partial charge on any atom is 0.243 e. The van der Waals surface area contributed by atoms with Gasteiger partial charge in [0.05, 0.1) is 16.7 Å². The Labute approximate surface area is 129 Å². The quantitative estimate of drug-likeness (QED) is 0.868. The molecular weight excluding hydrogens is 342 g/mol. The highest BCUT2D eigenvalue weighted by Crippen LogP contribution is 2.23. The lowest BCUT2D eigenvalue weighted by molar-refractivity contribution is -0.114. The zero-order chi connectivity index (χ0) is 15.4. The maximum absolute atomic E-state index is 13.4. The number of anilines is 2. The number of carbonyl (C=O) groups excluding carboxylic acids is 1. The minimum absolute atomic E-state index is 0.0871. The molecule has 2 aromatic carbocycles. The van der Waals surface area contributed by atoms with Crippen LogP contribution in [0.25, 0.3) is 0 Å². The molecule has 0 heterocycles. The third kappa shape index (κ3) is 4.01. The molecule has 0 saturated carbocycles. The summed E-state index contributed by atoms with van der Waals surface area (Å²) in [5.74, 6) is -1.34. The van der Waals surface area contributed by atoms with E-state index in [1.54, 1.807) is 19.1 Å². The Bertz CT molecular complexity index is 677. The Balaban J connectivity index is 1.99. The molecule has 0 aliphatic rings. The van der Waals surface area contributed by atoms with Crippen molar-refractivity contribution in [3.05, 3.63) is 58.1 Å². The summed E-state index contributed by atoms with van der Waals surface area (Å²) in [6.07, 6.45) is 0. The van der Waals surface area contributed by atoms with Gasteiger partial charge in [-0.15, -0.1) is 0 Å². The Morgan fingerprint density at radius 3 is 2.57 bits per heavy atom. The van der Waals surface area contributed by atoms with Gasteiger partial charge in [-0.25, -0.2) is 8.78 Å². The van der Waals surface area contributed by atoms with E-state index in [-0.39, 0.29) is 12.2 Å². The molecule has 110 valence electrons. The second-order valence-electron chi connectivity index (χ2n) is 4.46. The molecule has 0 fully saturated rings. The maximum atomic E-state index is 13.4. The van der Waals surface area contributed by atoms with Gasteiger partial charge in [0.1, 0.15) is 11.6 Å². The van der Waals surface area contributed by atoms with Gasteiger partial charge in [-0.3, -0.25) is 4.79 Å². The second-order valence-corrected chi connectivity index (χ2v) is 5.32. The van der Waals surface area contributed by atoms with E-state index >= 15 is 0 Å². The molecule has 1 amide bonds. The SMILES string of the molecule is Cc1cc(Br)c(F)cc1NCC(=O)Nc1ccccc1F. The van der Waals surface area contributed by atoms with Crippen molar-refractivity contribution in [2.24, 2.45) is 0 Å². The predicted octanol–water partition coefficient (Wildman–Crippen LogP) is 4.09. The van der Waals surface area contributed by atoms with E-state index in [0.717, 1.165) is 5.56 Å². The first-order valence-corrected chi connectivity index (χ1v) is 7.00. The minimum atomic E-state index is -0.503. The predicted molar refractivity (Wildman–Crippen MR) is 82.4 cm³/mol. The Kier molecular flexibility index (Phi) is 4.90. The first kappa shape index (κ1) is 15.4. The number of benzene rings is 2. The smallest absolute Gasteiger partial charge is 0.243 e. The molecule has 0 radical (unpaired) electrons. The summed E-state index contributed by atoms with van der Waals surface area (Å²) in [5, 5.41) is 5.27. The highest BCUT2D eigenvalue weighted by atomic mass is 79.9. The summed E-state index contributed by atoms with van der Waals surface area (Å²) in [6, 6.07) is 8.81. The minimum Gasteiger partial charge on any atom is -0.376 e. The lowest BCUT2D eigenvalue weighted by Gasteiger charge is -2.11. The first-order valence-electron chi connectivity index (χ1n) is 6.21. The van der Waals surface area contributed by atoms with Crippen LogP contribution in [-0.4, -0.2) is 12.5 Å². The number of carbonyl (C=O) groups is 1. The van der Waals surface area contributed by atoms with Crippen LogP contribution >= 0.6 is 15.9 Å². The van der Waals surface area contributed by atoms with E-state index in [9.17, 15) is 13.6 Å². The average molecular weight is 355 g/mol. The lowest BCUT2D eigenvalue weighted by atomic mass is 10.2. The van der Waals surface area contributed by atoms with Crippen LogP contribution in [-0.2, 0) is 4.79 Å². The molecule has 6 heteroatoms. The lowest BCUT2D eigenvalue weighted by Crippen LogP contribution is -2.22. The number of para-hydroxylation sites is 1. The molecule has 0 bridgehead atoms. The van der Waals surface area contributed by atoms with Crippen molar-refractivity contribution in [2.75, 3.05) is 17.2 Å². The third-order valence-corrected chi connectivity index (χ3v) is 3.46. The van der Waals surface area contributed by atoms with Crippen LogP contribution < -0.4 is 10.6 Å². The van der Waals surface area contributed by atoms with E-state index < -0.39 is 17.5 Å². The van der Waals surface area contributed by atoms with E-state index in [4.69, 9.17) is 0 Å². The third-order valence-electron chi connectivity index (χ3n) is 2.85. The second kappa shape index (κ2) is 6.67. The molecule has 0 atom stereocenters. The summed E-state index contributed by atoms with van der Waals surface area (Å²) in [6.45, 7) is 1.71. The number of rotatable bonds is 4. The summed E-state index contributed by atoms with van der Waals surface area (Å²) in [5.41, 5.74) is 1.42. The molecule has 2 rings (SSSR count). The van der Waals surface area contributed by atoms with Crippen molar-refractivity contribution in [3.63, 3.8) is 0 Å². The van der Waals surface area contributed by atoms with Gasteiger partial charge < -0.3 is 10.6 Å². The van der Waals surface area contributed by atoms with Gasteiger partial charge in [-0.2, -0.15) is 0 Å². The monoisotopic (exact) mass is 354 g/mol. The number of aryl methyl sites for hydroxylation is 1. The van der Waals surface area contributed by atoms with Crippen LogP contribution in [0, 0.1) is 18.6 Å². The number of hydrogen-bond donors (Lipinski definition) is 2. The fraction of sp³-hybridized carbons (Fsp3) is 0.133. The van der Waals surface area contributed by atoms with Gasteiger partial charge >= 0.3 is 0 Å². The van der Waals surface area contributed by atoms with Crippen molar-refractivity contribution < 1.29 is 13.6 Å². The summed E-state index contributed by atoms with van der Waals surface area (Å²) in [7, 11) is 0. The number of amides is 1. The molecule has 0 saturated heterocycles. The molecule has 0 aliphatic heterocycles. The van der Waals surface area contributed by atoms with Crippen molar-refractivity contribution >= 4 is 33.2 Å². The Hall–Kier alpha value is -1.95. The number of halogens is 3. The molecule has 0 unspecified atom stereocenters. The highest BCUT2D eigenvalue weighted by Gasteiger charge is 2.09. The van der Waals surface area contributed by atoms with Crippen LogP contribution in [0.5, 0.6) is 0 Å². The number of nitrogens with one attached hydrogen (secondary N) is 2. The molecule has 0 aromatic heterocycles. The normalized spacial score (nSPS) is 10.3. The fourth-order valence-corrected chi connectivity index (χ4v) is 2.23. The summed E-state index contributed by atoms with van der Waals surface area (Å²) in [4.78, 5) is 11.8. The topological polar surface area (TPSA) is 41.1 Å². The van der Waals surface area contributed by atoms with Crippen molar-refractivity contribution in [2.45, 2.75) is 6.92 Å². The first-order chi connectivity index (χ1) is 9.97. The Morgan fingerprint density at radius 1 is 1.14 bits per heavy atom. The van der Waals surface area contributed by atoms with E-state index in [2.05, 4.69) is 26.6 Å². The number of hydrogen-bond acceptors (Lipinski definition) is 2. The molecule has 2 N–H and O–H groups in total. The van der Waals surface area contributed by atoms with E-state index in [1.165, 1.54) is 24.3 Å². The summed E-state index contributed by atoms with van der Waals surface area (Å²) >= 11 is 3.09. The molecular formula is C15H13BrF2N2O. The summed E-state index contributed by atoms with van der Waals surface area (Å²) < 4.78 is 27.2. The molecule has 21 heavy (non-hydrogen) atoms. The zero-order valence-electron chi connectivity index (χ0n) is 11.2. The van der Waals surface area contributed by atoms with Gasteiger partial charge in [0.25, 0.3) is 0 Å². The van der Waals surface area contributed by atoms with Crippen LogP contribution in [0.15, 0.2) is 40.9 Å². The van der Waals surface area contributed by atoms with E-state index in [0.29, 0.717) is 10.2 Å². The van der Waals surface area contributed by atoms with Gasteiger partial charge in [0.15, 0.2) is 0 Å². The van der Waals surface area contributed by atoms with Gasteiger partial charge in [0.2, 0.25) is 5.91 Å². The molecule has 0 aliphatic carbocycles. The van der Waals surface area contributed by atoms with Crippen molar-refractivity contribution in [1.29, 1.82) is 0 Å². The largest absolute Gasteiger partial charge is 0.376 e. The van der Waals surface area contributed by atoms with Crippen LogP contribution in [0.3, 0.4) is 0 Å². The van der Waals surface area contributed by atoms with Crippen LogP contribution in [0.2, 0.25) is 0 Å². The van der Waals surface area contributed by atoms with Crippen molar-refractivity contribution in [1.82, 2.24) is 0 Å². The van der Waals surface area contributed by atoms with E-state index in [1.807, 2.05) is 0 Å².